The second-order valence-electron chi connectivity index (χ2n) is 10.3. The Morgan fingerprint density at radius 2 is 1.65 bits per heavy atom. The highest BCUT2D eigenvalue weighted by molar-refractivity contribution is 5.65. The molecule has 1 aliphatic carbocycles. The van der Waals surface area contributed by atoms with Crippen LogP contribution in [-0.2, 0) is 18.9 Å². The van der Waals surface area contributed by atoms with Crippen molar-refractivity contribution in [1.82, 2.24) is 9.97 Å². The Labute approximate surface area is 232 Å². The van der Waals surface area contributed by atoms with Gasteiger partial charge >= 0.3 is 6.30 Å². The molecule has 1 aliphatic rings. The smallest absolute Gasteiger partial charge is 0.366 e. The Bertz CT molecular complexity index is 1310. The Balaban J connectivity index is 0.000000810. The normalized spacial score (nSPS) is 14.6. The van der Waals surface area contributed by atoms with Gasteiger partial charge in [0.25, 0.3) is 5.92 Å². The molecule has 4 N–H and O–H groups in total. The lowest BCUT2D eigenvalue weighted by molar-refractivity contribution is -0.122. The molecule has 0 bridgehead atoms. The molecule has 216 valence electrons. The number of nitrogens with two attached hydrogens (primary N) is 1. The van der Waals surface area contributed by atoms with Crippen LogP contribution in [0.3, 0.4) is 0 Å². The van der Waals surface area contributed by atoms with Crippen molar-refractivity contribution in [2.75, 3.05) is 10.6 Å². The van der Waals surface area contributed by atoms with Crippen LogP contribution in [-0.4, -0.2) is 16.3 Å². The maximum absolute atomic E-state index is 14.7. The number of fused-ring (bicyclic) bond motifs is 1. The van der Waals surface area contributed by atoms with Crippen LogP contribution in [0.4, 0.5) is 33.5 Å². The molecule has 0 unspecified atom stereocenters. The minimum absolute atomic E-state index is 0.143. The summed E-state index contributed by atoms with van der Waals surface area (Å²) < 4.78 is 59.9. The van der Waals surface area contributed by atoms with Gasteiger partial charge in [0, 0.05) is 35.5 Å². The van der Waals surface area contributed by atoms with Gasteiger partial charge in [-0.25, -0.2) is 15.7 Å². The molecule has 3 aromatic rings. The molecule has 1 heterocycles. The summed E-state index contributed by atoms with van der Waals surface area (Å²) in [5, 5.41) is 6.78. The van der Waals surface area contributed by atoms with E-state index in [0.717, 1.165) is 22.4 Å². The van der Waals surface area contributed by atoms with Crippen LogP contribution in [0.15, 0.2) is 60.3 Å². The summed E-state index contributed by atoms with van der Waals surface area (Å²) in [6.45, 7) is 11.0. The minimum atomic E-state index is -4.50. The van der Waals surface area contributed by atoms with E-state index in [1.165, 1.54) is 5.70 Å². The highest BCUT2D eigenvalue weighted by Gasteiger charge is 2.43. The van der Waals surface area contributed by atoms with Crippen LogP contribution >= 0.6 is 0 Å². The van der Waals surface area contributed by atoms with Crippen molar-refractivity contribution < 1.29 is 22.0 Å². The number of aromatic nitrogens is 2. The molecular formula is C30H36F5N5. The van der Waals surface area contributed by atoms with E-state index in [0.29, 0.717) is 29.7 Å². The molecule has 1 aromatic heterocycles. The van der Waals surface area contributed by atoms with Gasteiger partial charge in [0.15, 0.2) is 5.82 Å². The molecular weight excluding hydrogens is 525 g/mol. The molecule has 5 nitrogen and oxygen atoms in total. The lowest BCUT2D eigenvalue weighted by atomic mass is 9.96. The molecule has 0 radical (unpaired) electrons. The number of allylic oxidation sites excluding steroid dienone is 2. The van der Waals surface area contributed by atoms with Crippen LogP contribution < -0.4 is 16.4 Å². The average molecular weight is 562 g/mol. The first-order chi connectivity index (χ1) is 18.7. The zero-order valence-corrected chi connectivity index (χ0v) is 23.3. The third kappa shape index (κ3) is 8.24. The summed E-state index contributed by atoms with van der Waals surface area (Å²) in [4.78, 5) is 9.13. The predicted molar refractivity (Wildman–Crippen MR) is 150 cm³/mol. The van der Waals surface area contributed by atoms with E-state index in [9.17, 15) is 22.0 Å². The number of rotatable bonds is 8. The highest BCUT2D eigenvalue weighted by Crippen LogP contribution is 2.44. The lowest BCUT2D eigenvalue weighted by Crippen LogP contribution is -2.20. The van der Waals surface area contributed by atoms with Crippen molar-refractivity contribution >= 4 is 11.5 Å². The van der Waals surface area contributed by atoms with Gasteiger partial charge in [-0.05, 0) is 48.4 Å². The van der Waals surface area contributed by atoms with E-state index < -0.39 is 12.2 Å². The van der Waals surface area contributed by atoms with Gasteiger partial charge in [0.2, 0.25) is 0 Å². The summed E-state index contributed by atoms with van der Waals surface area (Å²) >= 11 is 0. The Hall–Kier alpha value is -3.53. The van der Waals surface area contributed by atoms with Gasteiger partial charge in [-0.15, -0.1) is 0 Å². The monoisotopic (exact) mass is 561 g/mol. The van der Waals surface area contributed by atoms with E-state index >= 15 is 0 Å². The quantitative estimate of drug-likeness (QED) is 0.190. The van der Waals surface area contributed by atoms with Crippen molar-refractivity contribution in [1.29, 1.82) is 0 Å². The Kier molecular flexibility index (Phi) is 9.89. The highest BCUT2D eigenvalue weighted by atomic mass is 19.4. The van der Waals surface area contributed by atoms with Gasteiger partial charge in [-0.3, -0.25) is 0 Å². The van der Waals surface area contributed by atoms with E-state index in [4.69, 9.17) is 4.98 Å². The SMILES string of the molecule is C/C=C(\Nc1ccc(CNc2nc(-c3ccccc3C(C)C)nc3c2CCC3(F)F)cc1)C(C)C.NC(F)(F)F. The largest absolute Gasteiger partial charge is 0.454 e. The zero-order chi connectivity index (χ0) is 29.7. The number of hydrogen-bond donors (Lipinski definition) is 3. The number of halogens is 5. The topological polar surface area (TPSA) is 75.9 Å². The first-order valence-electron chi connectivity index (χ1n) is 13.2. The number of alkyl halides is 5. The molecule has 0 saturated heterocycles. The third-order valence-electron chi connectivity index (χ3n) is 6.50. The van der Waals surface area contributed by atoms with E-state index in [1.807, 2.05) is 55.5 Å². The van der Waals surface area contributed by atoms with Gasteiger partial charge in [-0.1, -0.05) is 70.2 Å². The van der Waals surface area contributed by atoms with Gasteiger partial charge in [-0.2, -0.15) is 22.0 Å². The summed E-state index contributed by atoms with van der Waals surface area (Å²) in [5.41, 5.74) is 8.81. The van der Waals surface area contributed by atoms with Crippen molar-refractivity contribution in [2.45, 2.75) is 72.1 Å². The predicted octanol–water partition coefficient (Wildman–Crippen LogP) is 8.35. The van der Waals surface area contributed by atoms with Gasteiger partial charge in [0.05, 0.1) is 0 Å². The first kappa shape index (κ1) is 31.0. The summed E-state index contributed by atoms with van der Waals surface area (Å²) in [6, 6.07) is 15.9. The van der Waals surface area contributed by atoms with E-state index in [2.05, 4.69) is 55.1 Å². The third-order valence-corrected chi connectivity index (χ3v) is 6.50. The number of benzene rings is 2. The van der Waals surface area contributed by atoms with Crippen LogP contribution in [0.5, 0.6) is 0 Å². The van der Waals surface area contributed by atoms with Gasteiger partial charge < -0.3 is 10.6 Å². The summed E-state index contributed by atoms with van der Waals surface area (Å²) in [5.74, 6) is -1.45. The number of nitrogens with one attached hydrogen (secondary N) is 2. The molecule has 0 fully saturated rings. The molecule has 0 saturated carbocycles. The molecule has 40 heavy (non-hydrogen) atoms. The van der Waals surface area contributed by atoms with Crippen molar-refractivity contribution in [3.63, 3.8) is 0 Å². The van der Waals surface area contributed by atoms with E-state index in [-0.39, 0.29) is 24.5 Å². The second-order valence-corrected chi connectivity index (χ2v) is 10.3. The summed E-state index contributed by atoms with van der Waals surface area (Å²) in [7, 11) is 0. The van der Waals surface area contributed by atoms with E-state index in [1.54, 1.807) is 0 Å². The van der Waals surface area contributed by atoms with Crippen LogP contribution in [0.1, 0.15) is 69.3 Å². The maximum atomic E-state index is 14.7. The standard InChI is InChI=1S/C29H34F2N4.CH2F3N/c1-6-25(19(4)5)33-21-13-11-20(12-14-21)17-32-27-24-15-16-29(30,31)26(24)34-28(35-27)23-10-8-7-9-22(23)18(2)3;2-1(3,4)5/h6-14,18-19,33H,15-17H2,1-5H3,(H,32,34,35);5H2/b25-6-;. The number of nitrogens with zero attached hydrogens (tertiary/aromatic N) is 2. The molecule has 10 heteroatoms. The van der Waals surface area contributed by atoms with Crippen molar-refractivity contribution in [3.05, 3.63) is 82.7 Å². The van der Waals surface area contributed by atoms with Crippen LogP contribution in [0.2, 0.25) is 0 Å². The minimum Gasteiger partial charge on any atom is -0.366 e. The number of anilines is 2. The number of hydrogen-bond acceptors (Lipinski definition) is 5. The lowest BCUT2D eigenvalue weighted by Gasteiger charge is -2.17. The fraction of sp³-hybridized carbons (Fsp3) is 0.400. The second kappa shape index (κ2) is 12.8. The Morgan fingerprint density at radius 1 is 1.02 bits per heavy atom. The average Bonchev–Trinajstić information content (AvgIpc) is 3.19. The Morgan fingerprint density at radius 3 is 2.23 bits per heavy atom. The van der Waals surface area contributed by atoms with Crippen LogP contribution in [0.25, 0.3) is 11.4 Å². The maximum Gasteiger partial charge on any atom is 0.454 e. The first-order valence-corrected chi connectivity index (χ1v) is 13.2. The van der Waals surface area contributed by atoms with Crippen molar-refractivity contribution in [3.8, 4) is 11.4 Å². The summed E-state index contributed by atoms with van der Waals surface area (Å²) in [6.07, 6.45) is -2.38. The molecule has 0 spiro atoms. The van der Waals surface area contributed by atoms with Crippen LogP contribution in [0, 0.1) is 5.92 Å². The molecule has 0 atom stereocenters. The molecule has 0 amide bonds. The van der Waals surface area contributed by atoms with Crippen molar-refractivity contribution in [2.24, 2.45) is 11.7 Å². The fourth-order valence-corrected chi connectivity index (χ4v) is 4.50. The molecule has 4 rings (SSSR count). The zero-order valence-electron chi connectivity index (χ0n) is 23.3. The van der Waals surface area contributed by atoms with Gasteiger partial charge in [0.1, 0.15) is 11.5 Å². The molecule has 0 aliphatic heterocycles. The fourth-order valence-electron chi connectivity index (χ4n) is 4.50. The molecule has 2 aromatic carbocycles.